The zero-order chi connectivity index (χ0) is 24.5. The molecule has 1 amide bonds. The lowest BCUT2D eigenvalue weighted by atomic mass is 9.98. The van der Waals surface area contributed by atoms with Crippen LogP contribution in [0, 0.1) is 11.6 Å². The number of amides is 1. The predicted octanol–water partition coefficient (Wildman–Crippen LogP) is 7.78. The topological polar surface area (TPSA) is 29.5 Å². The smallest absolute Gasteiger partial charge is 0.254 e. The third kappa shape index (κ3) is 5.30. The van der Waals surface area contributed by atoms with Crippen molar-refractivity contribution in [3.8, 4) is 5.75 Å². The Kier molecular flexibility index (Phi) is 7.24. The molecule has 0 aliphatic carbocycles. The van der Waals surface area contributed by atoms with Crippen molar-refractivity contribution in [3.05, 3.63) is 93.5 Å². The van der Waals surface area contributed by atoms with Gasteiger partial charge in [0.2, 0.25) is 0 Å². The van der Waals surface area contributed by atoms with Crippen molar-refractivity contribution in [2.75, 3.05) is 0 Å². The van der Waals surface area contributed by atoms with E-state index in [0.29, 0.717) is 34.2 Å². The molecule has 2 aliphatic rings. The summed E-state index contributed by atoms with van der Waals surface area (Å²) in [5, 5.41) is 1.25. The normalized spacial score (nSPS) is 21.3. The Bertz CT molecular complexity index is 1210. The van der Waals surface area contributed by atoms with Crippen LogP contribution in [0.25, 0.3) is 0 Å². The molecule has 3 nitrogen and oxygen atoms in total. The first-order chi connectivity index (χ1) is 16.9. The quantitative estimate of drug-likeness (QED) is 0.303. The van der Waals surface area contributed by atoms with Crippen molar-refractivity contribution in [2.45, 2.75) is 54.5 Å². The van der Waals surface area contributed by atoms with Gasteiger partial charge in [0.05, 0.1) is 10.0 Å². The minimum absolute atomic E-state index is 0.0114. The minimum atomic E-state index is -0.703. The fraction of sp³-hybridized carbons (Fsp3) is 0.296. The van der Waals surface area contributed by atoms with Crippen molar-refractivity contribution < 1.29 is 18.3 Å². The molecular weight excluding hydrogens is 511 g/mol. The fourth-order valence-corrected chi connectivity index (χ4v) is 6.61. The van der Waals surface area contributed by atoms with Crippen LogP contribution >= 0.6 is 35.0 Å². The molecule has 3 aromatic carbocycles. The maximum Gasteiger partial charge on any atom is 0.254 e. The summed E-state index contributed by atoms with van der Waals surface area (Å²) in [5.74, 6) is -0.579. The van der Waals surface area contributed by atoms with E-state index < -0.39 is 11.6 Å². The predicted molar refractivity (Wildman–Crippen MR) is 135 cm³/mol. The van der Waals surface area contributed by atoms with Gasteiger partial charge in [0.15, 0.2) is 11.6 Å². The van der Waals surface area contributed by atoms with Crippen LogP contribution in [0.2, 0.25) is 10.0 Å². The Morgan fingerprint density at radius 3 is 2.26 bits per heavy atom. The molecule has 2 bridgehead atoms. The van der Waals surface area contributed by atoms with Crippen LogP contribution in [-0.4, -0.2) is 29.0 Å². The van der Waals surface area contributed by atoms with Gasteiger partial charge in [-0.2, -0.15) is 0 Å². The molecule has 2 aliphatic heterocycles. The second-order valence-electron chi connectivity index (χ2n) is 8.92. The van der Waals surface area contributed by atoms with Gasteiger partial charge in [0.25, 0.3) is 5.91 Å². The number of rotatable bonds is 6. The number of fused-ring (bicyclic) bond motifs is 2. The Hall–Kier alpha value is -2.28. The van der Waals surface area contributed by atoms with Crippen LogP contribution in [0.1, 0.15) is 41.6 Å². The monoisotopic (exact) mass is 533 g/mol. The highest BCUT2D eigenvalue weighted by Gasteiger charge is 2.44. The van der Waals surface area contributed by atoms with Gasteiger partial charge in [-0.25, -0.2) is 8.78 Å². The summed E-state index contributed by atoms with van der Waals surface area (Å²) in [6.45, 7) is 0. The number of benzene rings is 3. The molecule has 0 N–H and O–H groups in total. The van der Waals surface area contributed by atoms with E-state index in [1.807, 2.05) is 47.4 Å². The largest absolute Gasteiger partial charge is 0.487 e. The highest BCUT2D eigenvalue weighted by atomic mass is 35.5. The molecule has 2 heterocycles. The number of carbonyl (C=O) groups excluding carboxylic acids is 1. The first-order valence-corrected chi connectivity index (χ1v) is 13.2. The number of hydrogen-bond donors (Lipinski definition) is 0. The number of hydrogen-bond acceptors (Lipinski definition) is 3. The molecule has 0 aromatic heterocycles. The van der Waals surface area contributed by atoms with E-state index in [1.165, 1.54) is 12.1 Å². The van der Waals surface area contributed by atoms with Gasteiger partial charge >= 0.3 is 0 Å². The Morgan fingerprint density at radius 1 is 0.971 bits per heavy atom. The Labute approximate surface area is 217 Å². The van der Waals surface area contributed by atoms with Crippen molar-refractivity contribution in [3.63, 3.8) is 0 Å². The van der Waals surface area contributed by atoms with Crippen LogP contribution in [0.3, 0.4) is 0 Å². The van der Waals surface area contributed by atoms with Gasteiger partial charge in [0.1, 0.15) is 11.9 Å². The maximum absolute atomic E-state index is 14.0. The van der Waals surface area contributed by atoms with Crippen LogP contribution in [0.4, 0.5) is 8.78 Å². The van der Waals surface area contributed by atoms with Gasteiger partial charge < -0.3 is 9.64 Å². The number of ether oxygens (including phenoxy) is 1. The van der Waals surface area contributed by atoms with Gasteiger partial charge in [-0.1, -0.05) is 41.4 Å². The van der Waals surface area contributed by atoms with E-state index in [-0.39, 0.29) is 29.8 Å². The lowest BCUT2D eigenvalue weighted by molar-refractivity contribution is 0.0349. The Morgan fingerprint density at radius 2 is 1.63 bits per heavy atom. The van der Waals surface area contributed by atoms with E-state index in [4.69, 9.17) is 27.9 Å². The summed E-state index contributed by atoms with van der Waals surface area (Å²) in [4.78, 5) is 16.2. The number of carbonyl (C=O) groups is 1. The molecular formula is C27H23Cl2F2NO2S. The number of nitrogens with zero attached hydrogens (tertiary/aromatic N) is 1. The lowest BCUT2D eigenvalue weighted by Crippen LogP contribution is -2.49. The maximum atomic E-state index is 14.0. The van der Waals surface area contributed by atoms with Gasteiger partial charge in [-0.15, -0.1) is 11.8 Å². The molecule has 5 rings (SSSR count). The standard InChI is InChI=1S/C27H23Cl2F2NO2S/c28-22-2-1-3-23(29)26(22)35-15-16-4-6-17(7-5-16)27(33)32-19-9-10-20(32)14-21(13-19)34-25-11-8-18(30)12-24(25)31/h1-8,11-12,19-21H,9-10,13-15H2. The van der Waals surface area contributed by atoms with E-state index >= 15 is 0 Å². The summed E-state index contributed by atoms with van der Waals surface area (Å²) in [6.07, 6.45) is 2.86. The average molecular weight is 534 g/mol. The highest BCUT2D eigenvalue weighted by Crippen LogP contribution is 2.39. The van der Waals surface area contributed by atoms with E-state index in [2.05, 4.69) is 0 Å². The number of piperidine rings is 1. The summed E-state index contributed by atoms with van der Waals surface area (Å²) in [5.41, 5.74) is 1.72. The second-order valence-corrected chi connectivity index (χ2v) is 10.7. The van der Waals surface area contributed by atoms with Gasteiger partial charge in [-0.3, -0.25) is 4.79 Å². The molecule has 2 unspecified atom stereocenters. The zero-order valence-corrected chi connectivity index (χ0v) is 21.1. The first kappa shape index (κ1) is 24.4. The number of halogens is 4. The van der Waals surface area contributed by atoms with Crippen LogP contribution in [0.15, 0.2) is 65.6 Å². The zero-order valence-electron chi connectivity index (χ0n) is 18.7. The average Bonchev–Trinajstić information content (AvgIpc) is 3.10. The second kappa shape index (κ2) is 10.4. The summed E-state index contributed by atoms with van der Waals surface area (Å²) >= 11 is 14.1. The summed E-state index contributed by atoms with van der Waals surface area (Å²) < 4.78 is 33.1. The molecule has 2 atom stereocenters. The van der Waals surface area contributed by atoms with Crippen molar-refractivity contribution in [2.24, 2.45) is 0 Å². The van der Waals surface area contributed by atoms with Crippen molar-refractivity contribution in [1.29, 1.82) is 0 Å². The molecule has 2 saturated heterocycles. The Balaban J connectivity index is 1.21. The van der Waals surface area contributed by atoms with Crippen LogP contribution < -0.4 is 4.74 Å². The molecule has 35 heavy (non-hydrogen) atoms. The minimum Gasteiger partial charge on any atom is -0.487 e. The van der Waals surface area contributed by atoms with Gasteiger partial charge in [-0.05, 0) is 54.8 Å². The van der Waals surface area contributed by atoms with E-state index in [0.717, 1.165) is 29.4 Å². The molecule has 0 spiro atoms. The van der Waals surface area contributed by atoms with Crippen molar-refractivity contribution >= 4 is 40.9 Å². The summed E-state index contributed by atoms with van der Waals surface area (Å²) in [7, 11) is 0. The third-order valence-electron chi connectivity index (χ3n) is 6.61. The third-order valence-corrected chi connectivity index (χ3v) is 8.68. The van der Waals surface area contributed by atoms with Crippen LogP contribution in [0.5, 0.6) is 5.75 Å². The molecule has 182 valence electrons. The molecule has 0 radical (unpaired) electrons. The fourth-order valence-electron chi connectivity index (χ4n) is 4.97. The highest BCUT2D eigenvalue weighted by molar-refractivity contribution is 7.98. The van der Waals surface area contributed by atoms with Crippen molar-refractivity contribution in [1.82, 2.24) is 4.90 Å². The summed E-state index contributed by atoms with van der Waals surface area (Å²) in [6, 6.07) is 16.5. The molecule has 8 heteroatoms. The lowest BCUT2D eigenvalue weighted by Gasteiger charge is -2.39. The molecule has 3 aromatic rings. The first-order valence-electron chi connectivity index (χ1n) is 11.5. The molecule has 2 fully saturated rings. The SMILES string of the molecule is O=C(c1ccc(CSc2c(Cl)cccc2Cl)cc1)N1C2CCC1CC(Oc1ccc(F)cc1F)C2. The van der Waals surface area contributed by atoms with Crippen LogP contribution in [-0.2, 0) is 5.75 Å². The van der Waals surface area contributed by atoms with Gasteiger partial charge in [0, 0.05) is 47.2 Å². The molecule has 0 saturated carbocycles. The number of thioether (sulfide) groups is 1. The van der Waals surface area contributed by atoms with E-state index in [9.17, 15) is 13.6 Å². The van der Waals surface area contributed by atoms with E-state index in [1.54, 1.807) is 11.8 Å².